The van der Waals surface area contributed by atoms with Gasteiger partial charge in [-0.3, -0.25) is 9.59 Å². The monoisotopic (exact) mass is 384 g/mol. The maximum absolute atomic E-state index is 12.5. The molecule has 1 atom stereocenters. The molecule has 1 aromatic carbocycles. The second kappa shape index (κ2) is 8.39. The van der Waals surface area contributed by atoms with Crippen LogP contribution in [0.15, 0.2) is 18.2 Å². The second-order valence-electron chi connectivity index (χ2n) is 6.06. The number of hydrogen-bond acceptors (Lipinski definition) is 6. The van der Waals surface area contributed by atoms with Crippen LogP contribution in [-0.4, -0.2) is 70.0 Å². The fraction of sp³-hybridized carbons (Fsp3) is 0.529. The number of carbonyl (C=O) groups is 2. The molecule has 0 aromatic heterocycles. The fourth-order valence-electron chi connectivity index (χ4n) is 3.07. The molecule has 1 fully saturated rings. The number of amides is 2. The van der Waals surface area contributed by atoms with Gasteiger partial charge in [0.15, 0.2) is 9.84 Å². The Bertz CT molecular complexity index is 755. The Labute approximate surface area is 153 Å². The van der Waals surface area contributed by atoms with Crippen LogP contribution in [0.4, 0.5) is 0 Å². The van der Waals surface area contributed by atoms with Gasteiger partial charge in [0.25, 0.3) is 5.91 Å². The van der Waals surface area contributed by atoms with Gasteiger partial charge in [-0.15, -0.1) is 0 Å². The number of sulfone groups is 1. The molecular formula is C17H24N2O6S. The molecule has 1 unspecified atom stereocenters. The normalized spacial score (nSPS) is 18.2. The minimum absolute atomic E-state index is 0.0269. The van der Waals surface area contributed by atoms with Gasteiger partial charge in [-0.2, -0.15) is 0 Å². The molecule has 0 bridgehead atoms. The average Bonchev–Trinajstić information content (AvgIpc) is 2.96. The lowest BCUT2D eigenvalue weighted by atomic mass is 10.1. The van der Waals surface area contributed by atoms with Gasteiger partial charge in [-0.05, 0) is 18.6 Å². The molecule has 0 aliphatic carbocycles. The van der Waals surface area contributed by atoms with E-state index in [9.17, 15) is 18.0 Å². The van der Waals surface area contributed by atoms with Gasteiger partial charge < -0.3 is 19.7 Å². The second-order valence-corrected chi connectivity index (χ2v) is 8.29. The standard InChI is InChI=1S/C17H24N2O6S/c1-12(20)19(13-7-10-26(22,23)11-13)9-8-18-17(21)16-14(24-2)5-4-6-15(16)25-3/h4-6,13H,7-11H2,1-3H3,(H,18,21). The quantitative estimate of drug-likeness (QED) is 0.733. The van der Waals surface area contributed by atoms with Crippen molar-refractivity contribution in [1.29, 1.82) is 0 Å². The van der Waals surface area contributed by atoms with Gasteiger partial charge in [0.2, 0.25) is 5.91 Å². The zero-order valence-electron chi connectivity index (χ0n) is 15.1. The Kier molecular flexibility index (Phi) is 6.47. The van der Waals surface area contributed by atoms with Crippen molar-refractivity contribution >= 4 is 21.7 Å². The minimum Gasteiger partial charge on any atom is -0.496 e. The third-order valence-corrected chi connectivity index (χ3v) is 6.10. The Hall–Kier alpha value is -2.29. The number of benzene rings is 1. The van der Waals surface area contributed by atoms with Crippen LogP contribution in [0.2, 0.25) is 0 Å². The Morgan fingerprint density at radius 2 is 1.85 bits per heavy atom. The van der Waals surface area contributed by atoms with Crippen LogP contribution in [0.25, 0.3) is 0 Å². The van der Waals surface area contributed by atoms with E-state index >= 15 is 0 Å². The minimum atomic E-state index is -3.09. The molecule has 1 aromatic rings. The van der Waals surface area contributed by atoms with Crippen LogP contribution in [0.3, 0.4) is 0 Å². The van der Waals surface area contributed by atoms with Crippen molar-refractivity contribution in [2.45, 2.75) is 19.4 Å². The molecule has 0 radical (unpaired) electrons. The molecule has 1 heterocycles. The SMILES string of the molecule is COc1cccc(OC)c1C(=O)NCCN(C(C)=O)C1CCS(=O)(=O)C1. The lowest BCUT2D eigenvalue weighted by molar-refractivity contribution is -0.130. The van der Waals surface area contributed by atoms with Crippen molar-refractivity contribution < 1.29 is 27.5 Å². The van der Waals surface area contributed by atoms with Gasteiger partial charge in [0.1, 0.15) is 17.1 Å². The molecule has 0 saturated carbocycles. The summed E-state index contributed by atoms with van der Waals surface area (Å²) < 4.78 is 33.7. The van der Waals surface area contributed by atoms with Crippen LogP contribution in [0.1, 0.15) is 23.7 Å². The molecule has 144 valence electrons. The third-order valence-electron chi connectivity index (χ3n) is 4.35. The van der Waals surface area contributed by atoms with Crippen LogP contribution >= 0.6 is 0 Å². The average molecular weight is 384 g/mol. The van der Waals surface area contributed by atoms with Crippen LogP contribution in [0.5, 0.6) is 11.5 Å². The molecule has 1 N–H and O–H groups in total. The summed E-state index contributed by atoms with van der Waals surface area (Å²) in [5.74, 6) is 0.227. The van der Waals surface area contributed by atoms with E-state index < -0.39 is 9.84 Å². The summed E-state index contributed by atoms with van der Waals surface area (Å²) in [5.41, 5.74) is 0.273. The summed E-state index contributed by atoms with van der Waals surface area (Å²) in [6, 6.07) is 4.69. The van der Waals surface area contributed by atoms with Crippen LogP contribution < -0.4 is 14.8 Å². The van der Waals surface area contributed by atoms with Gasteiger partial charge in [-0.25, -0.2) is 8.42 Å². The van der Waals surface area contributed by atoms with Gasteiger partial charge >= 0.3 is 0 Å². The smallest absolute Gasteiger partial charge is 0.258 e. The first-order valence-corrected chi connectivity index (χ1v) is 10.1. The number of rotatable bonds is 7. The summed E-state index contributed by atoms with van der Waals surface area (Å²) in [5, 5.41) is 2.74. The molecule has 1 aliphatic heterocycles. The number of carbonyl (C=O) groups excluding carboxylic acids is 2. The highest BCUT2D eigenvalue weighted by molar-refractivity contribution is 7.91. The molecule has 2 rings (SSSR count). The maximum Gasteiger partial charge on any atom is 0.258 e. The van der Waals surface area contributed by atoms with E-state index in [-0.39, 0.29) is 48.0 Å². The van der Waals surface area contributed by atoms with E-state index in [1.54, 1.807) is 18.2 Å². The summed E-state index contributed by atoms with van der Waals surface area (Å²) in [6.07, 6.45) is 0.427. The highest BCUT2D eigenvalue weighted by atomic mass is 32.2. The van der Waals surface area contributed by atoms with E-state index in [4.69, 9.17) is 9.47 Å². The third kappa shape index (κ3) is 4.66. The Balaban J connectivity index is 2.02. The first-order valence-electron chi connectivity index (χ1n) is 8.26. The zero-order chi connectivity index (χ0) is 19.3. The highest BCUT2D eigenvalue weighted by Gasteiger charge is 2.33. The molecule has 0 spiro atoms. The number of nitrogens with one attached hydrogen (secondary N) is 1. The van der Waals surface area contributed by atoms with Crippen molar-refractivity contribution in [3.63, 3.8) is 0 Å². The Morgan fingerprint density at radius 1 is 1.23 bits per heavy atom. The van der Waals surface area contributed by atoms with Gasteiger partial charge in [0.05, 0.1) is 25.7 Å². The predicted molar refractivity (Wildman–Crippen MR) is 96.3 cm³/mol. The van der Waals surface area contributed by atoms with E-state index in [0.29, 0.717) is 17.9 Å². The molecule has 2 amide bonds. The first kappa shape index (κ1) is 20.0. The fourth-order valence-corrected chi connectivity index (χ4v) is 4.80. The molecule has 26 heavy (non-hydrogen) atoms. The summed E-state index contributed by atoms with van der Waals surface area (Å²) in [7, 11) is -0.167. The predicted octanol–water partition coefficient (Wildman–Crippen LogP) is 0.469. The van der Waals surface area contributed by atoms with E-state index in [1.807, 2.05) is 0 Å². The molecule has 8 nitrogen and oxygen atoms in total. The first-order chi connectivity index (χ1) is 12.3. The lowest BCUT2D eigenvalue weighted by Crippen LogP contribution is -2.44. The van der Waals surface area contributed by atoms with Crippen LogP contribution in [-0.2, 0) is 14.6 Å². The molecule has 9 heteroatoms. The van der Waals surface area contributed by atoms with Crippen molar-refractivity contribution in [2.75, 3.05) is 38.8 Å². The topological polar surface area (TPSA) is 102 Å². The molecule has 1 saturated heterocycles. The zero-order valence-corrected chi connectivity index (χ0v) is 16.0. The van der Waals surface area contributed by atoms with Crippen molar-refractivity contribution in [3.05, 3.63) is 23.8 Å². The summed E-state index contributed by atoms with van der Waals surface area (Å²) >= 11 is 0. The molecule has 1 aliphatic rings. The van der Waals surface area contributed by atoms with Crippen molar-refractivity contribution in [3.8, 4) is 11.5 Å². The highest BCUT2D eigenvalue weighted by Crippen LogP contribution is 2.27. The number of methoxy groups -OCH3 is 2. The van der Waals surface area contributed by atoms with E-state index in [2.05, 4.69) is 5.32 Å². The van der Waals surface area contributed by atoms with Gasteiger partial charge in [-0.1, -0.05) is 6.07 Å². The Morgan fingerprint density at radius 3 is 2.31 bits per heavy atom. The molecular weight excluding hydrogens is 360 g/mol. The number of hydrogen-bond donors (Lipinski definition) is 1. The van der Waals surface area contributed by atoms with Crippen molar-refractivity contribution in [1.82, 2.24) is 10.2 Å². The van der Waals surface area contributed by atoms with Crippen LogP contribution in [0, 0.1) is 0 Å². The van der Waals surface area contributed by atoms with Crippen molar-refractivity contribution in [2.24, 2.45) is 0 Å². The number of nitrogens with zero attached hydrogens (tertiary/aromatic N) is 1. The number of ether oxygens (including phenoxy) is 2. The summed E-state index contributed by atoms with van der Waals surface area (Å²) in [4.78, 5) is 25.9. The summed E-state index contributed by atoms with van der Waals surface area (Å²) in [6.45, 7) is 1.82. The van der Waals surface area contributed by atoms with E-state index in [1.165, 1.54) is 26.0 Å². The maximum atomic E-state index is 12.5. The van der Waals surface area contributed by atoms with Gasteiger partial charge in [0, 0.05) is 26.1 Å². The lowest BCUT2D eigenvalue weighted by Gasteiger charge is -2.27. The largest absolute Gasteiger partial charge is 0.496 e. The van der Waals surface area contributed by atoms with E-state index in [0.717, 1.165) is 0 Å².